The Morgan fingerprint density at radius 2 is 1.00 bits per heavy atom. The van der Waals surface area contributed by atoms with Crippen molar-refractivity contribution in [3.63, 3.8) is 0 Å². The van der Waals surface area contributed by atoms with Crippen LogP contribution in [0.5, 0.6) is 0 Å². The summed E-state index contributed by atoms with van der Waals surface area (Å²) in [5.74, 6) is 1.10. The van der Waals surface area contributed by atoms with Crippen LogP contribution in [-0.2, 0) is 6.18 Å². The average Bonchev–Trinajstić information content (AvgIpc) is 3.54. The number of alkyl halides is 3. The summed E-state index contributed by atoms with van der Waals surface area (Å²) in [6.45, 7) is 4.19. The highest BCUT2D eigenvalue weighted by Gasteiger charge is 2.34. The number of rotatable bonds is 6. The molecule has 0 N–H and O–H groups in total. The van der Waals surface area contributed by atoms with Gasteiger partial charge in [-0.15, -0.1) is 0 Å². The van der Waals surface area contributed by atoms with E-state index in [4.69, 9.17) is 15.0 Å². The zero-order valence-corrected chi connectivity index (χ0v) is 30.0. The Kier molecular flexibility index (Phi) is 8.35. The van der Waals surface area contributed by atoms with Gasteiger partial charge in [-0.3, -0.25) is 0 Å². The lowest BCUT2D eigenvalue weighted by Crippen LogP contribution is -2.08. The first-order valence-corrected chi connectivity index (χ1v) is 18.0. The molecule has 55 heavy (non-hydrogen) atoms. The second-order valence-electron chi connectivity index (χ2n) is 13.8. The molecule has 0 unspecified atom stereocenters. The van der Waals surface area contributed by atoms with Crippen molar-refractivity contribution < 1.29 is 13.2 Å². The fourth-order valence-electron chi connectivity index (χ4n) is 7.56. The van der Waals surface area contributed by atoms with E-state index in [1.165, 1.54) is 23.3 Å². The van der Waals surface area contributed by atoms with Crippen molar-refractivity contribution in [2.75, 3.05) is 0 Å². The summed E-state index contributed by atoms with van der Waals surface area (Å²) in [5.41, 5.74) is 8.87. The average molecular weight is 723 g/mol. The molecule has 0 radical (unpaired) electrons. The summed E-state index contributed by atoms with van der Waals surface area (Å²) in [5, 5.41) is 2.13. The van der Waals surface area contributed by atoms with Gasteiger partial charge in [-0.05, 0) is 66.4 Å². The molecule has 9 rings (SSSR count). The molecule has 0 aliphatic heterocycles. The minimum Gasteiger partial charge on any atom is -0.309 e. The van der Waals surface area contributed by atoms with Crippen molar-refractivity contribution in [2.45, 2.75) is 20.0 Å². The molecule has 0 bridgehead atoms. The predicted octanol–water partition coefficient (Wildman–Crippen LogP) is 12.9. The first-order chi connectivity index (χ1) is 26.7. The third kappa shape index (κ3) is 6.33. The molecular weight excluding hydrogens is 690 g/mol. The second-order valence-corrected chi connectivity index (χ2v) is 13.8. The summed E-state index contributed by atoms with van der Waals surface area (Å²) in [6.07, 6.45) is -4.59. The van der Waals surface area contributed by atoms with Crippen molar-refractivity contribution in [3.05, 3.63) is 180 Å². The number of para-hydroxylation sites is 1. The number of benzene rings is 7. The molecule has 0 fully saturated rings. The van der Waals surface area contributed by atoms with Crippen molar-refractivity contribution in [1.29, 1.82) is 0 Å². The molecule has 0 aliphatic rings. The summed E-state index contributed by atoms with van der Waals surface area (Å²) in [6, 6.07) is 51.5. The van der Waals surface area contributed by atoms with Crippen LogP contribution in [0.1, 0.15) is 16.7 Å². The van der Waals surface area contributed by atoms with Gasteiger partial charge in [-0.1, -0.05) is 145 Å². The number of aromatic nitrogens is 4. The normalized spacial score (nSPS) is 11.7. The van der Waals surface area contributed by atoms with E-state index >= 15 is 0 Å². The van der Waals surface area contributed by atoms with E-state index in [1.54, 1.807) is 12.1 Å². The highest BCUT2D eigenvalue weighted by atomic mass is 19.4. The Hall–Kier alpha value is -6.86. The van der Waals surface area contributed by atoms with Gasteiger partial charge in [-0.25, -0.2) is 15.0 Å². The van der Waals surface area contributed by atoms with E-state index in [2.05, 4.69) is 66.9 Å². The van der Waals surface area contributed by atoms with Crippen molar-refractivity contribution >= 4 is 21.8 Å². The van der Waals surface area contributed by atoms with Crippen molar-refractivity contribution in [3.8, 4) is 62.1 Å². The van der Waals surface area contributed by atoms with Gasteiger partial charge in [-0.2, -0.15) is 13.2 Å². The fraction of sp³-hybridized carbons (Fsp3) is 0.0625. The summed E-state index contributed by atoms with van der Waals surface area (Å²) in [7, 11) is 0. The lowest BCUT2D eigenvalue weighted by Gasteiger charge is -2.18. The molecule has 0 atom stereocenters. The number of aryl methyl sites for hydroxylation is 2. The van der Waals surface area contributed by atoms with Crippen LogP contribution >= 0.6 is 0 Å². The summed E-state index contributed by atoms with van der Waals surface area (Å²) >= 11 is 0. The Morgan fingerprint density at radius 3 is 1.67 bits per heavy atom. The molecular formula is C48H33F3N4. The van der Waals surface area contributed by atoms with Crippen LogP contribution in [0.25, 0.3) is 83.9 Å². The maximum absolute atomic E-state index is 14.7. The van der Waals surface area contributed by atoms with Crippen LogP contribution in [0.15, 0.2) is 164 Å². The molecule has 7 heteroatoms. The Morgan fingerprint density at radius 1 is 0.418 bits per heavy atom. The van der Waals surface area contributed by atoms with Gasteiger partial charge >= 0.3 is 6.18 Å². The quantitative estimate of drug-likeness (QED) is 0.172. The van der Waals surface area contributed by atoms with Gasteiger partial charge < -0.3 is 4.57 Å². The Bertz CT molecular complexity index is 2800. The third-order valence-corrected chi connectivity index (χ3v) is 9.95. The van der Waals surface area contributed by atoms with E-state index < -0.39 is 11.7 Å². The number of fused-ring (bicyclic) bond motifs is 3. The Labute approximate surface area is 316 Å². The molecule has 0 saturated carbocycles. The second kappa shape index (κ2) is 13.5. The number of hydrogen-bond acceptors (Lipinski definition) is 3. The SMILES string of the molecule is Cc1cc(C)cc(-c2ccc3c4ccccc4n(-c4ccc(-c5ccccc5C(F)(F)F)c(-c5nc(-c6ccccc6)nc(-c6ccccc6)n5)c4)c3c2)c1. The number of hydrogen-bond donors (Lipinski definition) is 0. The lowest BCUT2D eigenvalue weighted by atomic mass is 9.94. The predicted molar refractivity (Wildman–Crippen MR) is 216 cm³/mol. The molecule has 0 amide bonds. The van der Waals surface area contributed by atoms with Crippen LogP contribution in [0.4, 0.5) is 13.2 Å². The molecule has 4 nitrogen and oxygen atoms in total. The van der Waals surface area contributed by atoms with E-state index in [9.17, 15) is 13.2 Å². The highest BCUT2D eigenvalue weighted by molar-refractivity contribution is 6.10. The molecule has 2 heterocycles. The zero-order valence-electron chi connectivity index (χ0n) is 30.0. The third-order valence-electron chi connectivity index (χ3n) is 9.95. The minimum absolute atomic E-state index is 0.0406. The molecule has 266 valence electrons. The van der Waals surface area contributed by atoms with Gasteiger partial charge in [0.15, 0.2) is 17.5 Å². The van der Waals surface area contributed by atoms with E-state index in [-0.39, 0.29) is 11.4 Å². The van der Waals surface area contributed by atoms with E-state index in [1.807, 2.05) is 84.9 Å². The van der Waals surface area contributed by atoms with Gasteiger partial charge in [0.05, 0.1) is 16.6 Å². The maximum Gasteiger partial charge on any atom is 0.417 e. The highest BCUT2D eigenvalue weighted by Crippen LogP contribution is 2.43. The smallest absolute Gasteiger partial charge is 0.309 e. The van der Waals surface area contributed by atoms with Crippen LogP contribution in [-0.4, -0.2) is 19.5 Å². The molecule has 0 spiro atoms. The molecule has 0 saturated heterocycles. The van der Waals surface area contributed by atoms with Crippen LogP contribution in [0.3, 0.4) is 0 Å². The number of halogens is 3. The van der Waals surface area contributed by atoms with Gasteiger partial charge in [0.1, 0.15) is 0 Å². The van der Waals surface area contributed by atoms with Crippen LogP contribution < -0.4 is 0 Å². The van der Waals surface area contributed by atoms with Crippen LogP contribution in [0, 0.1) is 13.8 Å². The monoisotopic (exact) mass is 722 g/mol. The topological polar surface area (TPSA) is 43.6 Å². The van der Waals surface area contributed by atoms with Gasteiger partial charge in [0.25, 0.3) is 0 Å². The zero-order chi connectivity index (χ0) is 37.7. The van der Waals surface area contributed by atoms with Crippen LogP contribution in [0.2, 0.25) is 0 Å². The lowest BCUT2D eigenvalue weighted by molar-refractivity contribution is -0.137. The standard InChI is InChI=1S/C48H33F3N4/c1-30-25-31(2)27-35(26-30)34-21-23-40-39-18-10-12-20-43(39)55(44(40)28-34)36-22-24-37(38-17-9-11-19-42(38)48(49,50)51)41(29-36)47-53-45(32-13-5-3-6-14-32)52-46(54-47)33-15-7-4-8-16-33/h3-29H,1-2H3. The van der Waals surface area contributed by atoms with E-state index in [0.29, 0.717) is 22.8 Å². The first kappa shape index (κ1) is 33.9. The number of nitrogens with zero attached hydrogens (tertiary/aromatic N) is 4. The maximum atomic E-state index is 14.7. The van der Waals surface area contributed by atoms with Crippen molar-refractivity contribution in [2.24, 2.45) is 0 Å². The molecule has 2 aromatic heterocycles. The molecule has 9 aromatic rings. The van der Waals surface area contributed by atoms with Gasteiger partial charge in [0, 0.05) is 33.2 Å². The van der Waals surface area contributed by atoms with Gasteiger partial charge in [0.2, 0.25) is 0 Å². The molecule has 0 aliphatic carbocycles. The Balaban J connectivity index is 1.35. The fourth-order valence-corrected chi connectivity index (χ4v) is 7.56. The summed E-state index contributed by atoms with van der Waals surface area (Å²) in [4.78, 5) is 14.8. The van der Waals surface area contributed by atoms with Crippen molar-refractivity contribution in [1.82, 2.24) is 19.5 Å². The summed E-state index contributed by atoms with van der Waals surface area (Å²) < 4.78 is 46.2. The first-order valence-electron chi connectivity index (χ1n) is 18.0. The molecule has 7 aromatic carbocycles. The van der Waals surface area contributed by atoms with E-state index in [0.717, 1.165) is 55.8 Å². The largest absolute Gasteiger partial charge is 0.417 e. The minimum atomic E-state index is -4.59.